The van der Waals surface area contributed by atoms with E-state index in [9.17, 15) is 4.79 Å². The van der Waals surface area contributed by atoms with Gasteiger partial charge < -0.3 is 9.47 Å². The van der Waals surface area contributed by atoms with Gasteiger partial charge in [0.2, 0.25) is 5.91 Å². The van der Waals surface area contributed by atoms with Crippen molar-refractivity contribution in [3.63, 3.8) is 0 Å². The van der Waals surface area contributed by atoms with Crippen molar-refractivity contribution in [1.82, 2.24) is 14.5 Å². The second kappa shape index (κ2) is 5.12. The van der Waals surface area contributed by atoms with Gasteiger partial charge >= 0.3 is 0 Å². The Morgan fingerprint density at radius 2 is 2.20 bits per heavy atom. The highest BCUT2D eigenvalue weighted by Crippen LogP contribution is 2.32. The number of amides is 1. The van der Waals surface area contributed by atoms with Crippen LogP contribution in [0.4, 0.5) is 0 Å². The van der Waals surface area contributed by atoms with Crippen molar-refractivity contribution in [1.29, 1.82) is 0 Å². The van der Waals surface area contributed by atoms with E-state index in [1.54, 1.807) is 0 Å². The van der Waals surface area contributed by atoms with Crippen LogP contribution in [0.2, 0.25) is 0 Å². The Morgan fingerprint density at radius 3 is 2.95 bits per heavy atom. The number of carbonyl (C=O) groups is 1. The molecule has 0 radical (unpaired) electrons. The molecule has 1 aliphatic heterocycles. The first-order valence-corrected chi connectivity index (χ1v) is 7.06. The van der Waals surface area contributed by atoms with Gasteiger partial charge in [0.1, 0.15) is 5.82 Å². The average molecular weight is 269 g/mol. The van der Waals surface area contributed by atoms with Gasteiger partial charge in [-0.25, -0.2) is 4.98 Å². The Bertz CT molecular complexity index is 659. The normalized spacial score (nSPS) is 19.2. The van der Waals surface area contributed by atoms with Crippen LogP contribution in [-0.4, -0.2) is 26.9 Å². The lowest BCUT2D eigenvalue weighted by molar-refractivity contribution is -0.129. The fourth-order valence-corrected chi connectivity index (χ4v) is 3.04. The molecular formula is C16H19N3O. The number of likely N-dealkylation sites (tertiary alicyclic amines) is 1. The lowest BCUT2D eigenvalue weighted by Crippen LogP contribution is -2.38. The van der Waals surface area contributed by atoms with Crippen molar-refractivity contribution in [3.05, 3.63) is 42.7 Å². The van der Waals surface area contributed by atoms with Gasteiger partial charge in [0.15, 0.2) is 0 Å². The molecule has 0 aliphatic carbocycles. The molecule has 104 valence electrons. The molecule has 1 amide bonds. The molecule has 2 aromatic rings. The lowest BCUT2D eigenvalue weighted by Gasteiger charge is -2.34. The minimum Gasteiger partial charge on any atom is -0.329 e. The highest BCUT2D eigenvalue weighted by Gasteiger charge is 2.30. The number of hydrogen-bond donors (Lipinski definition) is 0. The molecule has 1 fully saturated rings. The van der Waals surface area contributed by atoms with Crippen molar-refractivity contribution in [2.24, 2.45) is 7.05 Å². The Morgan fingerprint density at radius 1 is 1.40 bits per heavy atom. The second-order valence-electron chi connectivity index (χ2n) is 5.27. The quantitative estimate of drug-likeness (QED) is 0.786. The molecule has 4 heteroatoms. The average Bonchev–Trinajstić information content (AvgIpc) is 2.84. The summed E-state index contributed by atoms with van der Waals surface area (Å²) in [7, 11) is 2.02. The van der Waals surface area contributed by atoms with E-state index in [0.717, 1.165) is 42.7 Å². The highest BCUT2D eigenvalue weighted by molar-refractivity contribution is 5.87. The summed E-state index contributed by atoms with van der Waals surface area (Å²) in [6, 6.07) is 8.15. The van der Waals surface area contributed by atoms with Crippen molar-refractivity contribution < 1.29 is 4.79 Å². The first-order valence-electron chi connectivity index (χ1n) is 7.06. The van der Waals surface area contributed by atoms with Crippen LogP contribution in [0, 0.1) is 0 Å². The molecular weight excluding hydrogens is 250 g/mol. The highest BCUT2D eigenvalue weighted by atomic mass is 16.2. The third kappa shape index (κ3) is 2.01. The van der Waals surface area contributed by atoms with E-state index >= 15 is 0 Å². The molecule has 0 saturated carbocycles. The monoisotopic (exact) mass is 269 g/mol. The summed E-state index contributed by atoms with van der Waals surface area (Å²) in [5.74, 6) is 0.975. The lowest BCUT2D eigenvalue weighted by atomic mass is 10.0. The third-order valence-corrected chi connectivity index (χ3v) is 4.08. The number of benzene rings is 1. The number of aryl methyl sites for hydroxylation is 1. The molecule has 4 nitrogen and oxygen atoms in total. The van der Waals surface area contributed by atoms with E-state index in [-0.39, 0.29) is 11.9 Å². The van der Waals surface area contributed by atoms with Gasteiger partial charge in [0, 0.05) is 13.6 Å². The van der Waals surface area contributed by atoms with Crippen molar-refractivity contribution in [3.8, 4) is 0 Å². The fourth-order valence-electron chi connectivity index (χ4n) is 3.04. The predicted octanol–water partition coefficient (Wildman–Crippen LogP) is 2.81. The summed E-state index contributed by atoms with van der Waals surface area (Å²) in [6.07, 6.45) is 4.56. The molecule has 0 bridgehead atoms. The van der Waals surface area contributed by atoms with Gasteiger partial charge in [-0.05, 0) is 37.5 Å². The molecule has 1 aromatic carbocycles. The number of nitrogens with zero attached hydrogens (tertiary/aromatic N) is 3. The fraction of sp³-hybridized carbons (Fsp3) is 0.375. The first-order chi connectivity index (χ1) is 9.72. The van der Waals surface area contributed by atoms with Crippen molar-refractivity contribution >= 4 is 16.9 Å². The summed E-state index contributed by atoms with van der Waals surface area (Å²) in [6.45, 7) is 4.40. The first kappa shape index (κ1) is 12.9. The topological polar surface area (TPSA) is 38.1 Å². The van der Waals surface area contributed by atoms with E-state index in [1.807, 2.05) is 30.1 Å². The minimum absolute atomic E-state index is 0.00163. The number of aromatic nitrogens is 2. The maximum atomic E-state index is 12.0. The minimum atomic E-state index is 0.00163. The van der Waals surface area contributed by atoms with Crippen LogP contribution in [0.5, 0.6) is 0 Å². The van der Waals surface area contributed by atoms with Crippen LogP contribution in [0.1, 0.15) is 31.1 Å². The van der Waals surface area contributed by atoms with Gasteiger partial charge in [-0.1, -0.05) is 18.7 Å². The van der Waals surface area contributed by atoms with Crippen LogP contribution >= 0.6 is 0 Å². The molecule has 1 atom stereocenters. The molecule has 1 aromatic heterocycles. The van der Waals surface area contributed by atoms with Gasteiger partial charge in [-0.3, -0.25) is 4.79 Å². The number of hydrogen-bond acceptors (Lipinski definition) is 2. The van der Waals surface area contributed by atoms with Crippen LogP contribution in [-0.2, 0) is 11.8 Å². The summed E-state index contributed by atoms with van der Waals surface area (Å²) < 4.78 is 2.11. The third-order valence-electron chi connectivity index (χ3n) is 4.08. The van der Waals surface area contributed by atoms with E-state index in [2.05, 4.69) is 17.2 Å². The van der Waals surface area contributed by atoms with Gasteiger partial charge in [-0.15, -0.1) is 0 Å². The maximum absolute atomic E-state index is 12.0. The molecule has 1 unspecified atom stereocenters. The zero-order valence-corrected chi connectivity index (χ0v) is 11.7. The van der Waals surface area contributed by atoms with E-state index in [1.165, 1.54) is 6.08 Å². The van der Waals surface area contributed by atoms with E-state index in [4.69, 9.17) is 4.98 Å². The Balaban J connectivity index is 2.05. The van der Waals surface area contributed by atoms with E-state index < -0.39 is 0 Å². The zero-order valence-electron chi connectivity index (χ0n) is 11.7. The predicted molar refractivity (Wildman–Crippen MR) is 79.2 cm³/mol. The van der Waals surface area contributed by atoms with Crippen LogP contribution in [0.25, 0.3) is 11.0 Å². The number of fused-ring (bicyclic) bond motifs is 1. The molecule has 1 saturated heterocycles. The second-order valence-corrected chi connectivity index (χ2v) is 5.27. The summed E-state index contributed by atoms with van der Waals surface area (Å²) >= 11 is 0. The van der Waals surface area contributed by atoms with Crippen LogP contribution in [0.15, 0.2) is 36.9 Å². The number of piperidine rings is 1. The summed E-state index contributed by atoms with van der Waals surface area (Å²) in [5.41, 5.74) is 2.10. The maximum Gasteiger partial charge on any atom is 0.246 e. The summed E-state index contributed by atoms with van der Waals surface area (Å²) in [5, 5.41) is 0. The molecule has 20 heavy (non-hydrogen) atoms. The number of carbonyl (C=O) groups excluding carboxylic acids is 1. The molecule has 1 aliphatic rings. The number of rotatable bonds is 2. The molecule has 2 heterocycles. The SMILES string of the molecule is C=CC(=O)N1CCCCC1c1nc2ccccc2n1C. The van der Waals surface area contributed by atoms with Crippen LogP contribution in [0.3, 0.4) is 0 Å². The van der Waals surface area contributed by atoms with E-state index in [0.29, 0.717) is 0 Å². The number of imidazole rings is 1. The van der Waals surface area contributed by atoms with Gasteiger partial charge in [0.25, 0.3) is 0 Å². The Kier molecular flexibility index (Phi) is 3.30. The number of para-hydroxylation sites is 2. The Hall–Kier alpha value is -2.10. The van der Waals surface area contributed by atoms with Crippen LogP contribution < -0.4 is 0 Å². The van der Waals surface area contributed by atoms with Crippen molar-refractivity contribution in [2.45, 2.75) is 25.3 Å². The van der Waals surface area contributed by atoms with Gasteiger partial charge in [0.05, 0.1) is 17.1 Å². The summed E-state index contributed by atoms with van der Waals surface area (Å²) in [4.78, 5) is 18.7. The van der Waals surface area contributed by atoms with Crippen molar-refractivity contribution in [2.75, 3.05) is 6.54 Å². The smallest absolute Gasteiger partial charge is 0.246 e. The largest absolute Gasteiger partial charge is 0.329 e. The molecule has 0 spiro atoms. The standard InChI is InChI=1S/C16H19N3O/c1-3-15(20)19-11-7-6-10-14(19)16-17-12-8-4-5-9-13(12)18(16)2/h3-5,8-9,14H,1,6-7,10-11H2,2H3. The Labute approximate surface area is 118 Å². The zero-order chi connectivity index (χ0) is 14.1. The molecule has 0 N–H and O–H groups in total. The van der Waals surface area contributed by atoms with Gasteiger partial charge in [-0.2, -0.15) is 0 Å². The molecule has 3 rings (SSSR count).